The third-order valence-electron chi connectivity index (χ3n) is 6.38. The van der Waals surface area contributed by atoms with Gasteiger partial charge in [-0.15, -0.1) is 0 Å². The van der Waals surface area contributed by atoms with Crippen molar-refractivity contribution in [3.8, 4) is 5.75 Å². The van der Waals surface area contributed by atoms with Crippen molar-refractivity contribution in [1.82, 2.24) is 10.0 Å². The van der Waals surface area contributed by atoms with Crippen molar-refractivity contribution in [1.29, 1.82) is 0 Å². The number of fused-ring (bicyclic) bond motifs is 1. The summed E-state index contributed by atoms with van der Waals surface area (Å²) in [5.41, 5.74) is 0.304. The van der Waals surface area contributed by atoms with Crippen LogP contribution < -0.4 is 25.4 Å². The Balaban J connectivity index is 1.48. The molecule has 0 bridgehead atoms. The van der Waals surface area contributed by atoms with Crippen LogP contribution in [-0.2, 0) is 19.6 Å². The van der Waals surface area contributed by atoms with E-state index in [0.29, 0.717) is 25.4 Å². The lowest BCUT2D eigenvalue weighted by Crippen LogP contribution is -2.69. The lowest BCUT2D eigenvalue weighted by molar-refractivity contribution is -0.142. The van der Waals surface area contributed by atoms with E-state index < -0.39 is 21.5 Å². The molecule has 2 heterocycles. The third-order valence-corrected chi connectivity index (χ3v) is 7.98. The molecule has 8 nitrogen and oxygen atoms in total. The maximum absolute atomic E-state index is 12.9. The molecule has 2 aromatic rings. The van der Waals surface area contributed by atoms with Gasteiger partial charge in [0.15, 0.2) is 0 Å². The maximum atomic E-state index is 12.9. The van der Waals surface area contributed by atoms with Gasteiger partial charge in [-0.3, -0.25) is 9.79 Å². The van der Waals surface area contributed by atoms with Crippen molar-refractivity contribution in [3.05, 3.63) is 59.1 Å². The van der Waals surface area contributed by atoms with E-state index >= 15 is 0 Å². The molecule has 1 fully saturated rings. The van der Waals surface area contributed by atoms with E-state index in [1.807, 2.05) is 18.2 Å². The normalized spacial score (nSPS) is 21.4. The Morgan fingerprint density at radius 2 is 1.85 bits per heavy atom. The first-order valence-corrected chi connectivity index (χ1v) is 12.4. The van der Waals surface area contributed by atoms with E-state index in [4.69, 9.17) is 14.5 Å². The summed E-state index contributed by atoms with van der Waals surface area (Å²) < 4.78 is 39.2. The van der Waals surface area contributed by atoms with E-state index in [1.54, 1.807) is 12.1 Å². The fourth-order valence-corrected chi connectivity index (χ4v) is 5.56. The molecule has 1 saturated heterocycles. The highest BCUT2D eigenvalue weighted by molar-refractivity contribution is 7.89. The fourth-order valence-electron chi connectivity index (χ4n) is 4.16. The first kappa shape index (κ1) is 23.4. The quantitative estimate of drug-likeness (QED) is 0.551. The van der Waals surface area contributed by atoms with Crippen LogP contribution in [0.5, 0.6) is 5.75 Å². The number of carbonyl (C=O) groups is 1. The van der Waals surface area contributed by atoms with Crippen molar-refractivity contribution < 1.29 is 22.7 Å². The SMILES string of the molecule is COC(=O)CC1(NS(=O)(=O)c2ccc(OCC3=c4ccccc4=NC(C)C3C)cc2)CNC1. The summed E-state index contributed by atoms with van der Waals surface area (Å²) in [6, 6.07) is 14.5. The first-order chi connectivity index (χ1) is 15.7. The molecule has 2 aliphatic rings. The smallest absolute Gasteiger partial charge is 0.307 e. The highest BCUT2D eigenvalue weighted by atomic mass is 32.2. The molecule has 0 aliphatic carbocycles. The minimum atomic E-state index is -3.81. The van der Waals surface area contributed by atoms with Gasteiger partial charge in [0.1, 0.15) is 12.4 Å². The van der Waals surface area contributed by atoms with Crippen LogP contribution in [0.2, 0.25) is 0 Å². The van der Waals surface area contributed by atoms with Crippen LogP contribution in [0, 0.1) is 5.92 Å². The van der Waals surface area contributed by atoms with Gasteiger partial charge < -0.3 is 14.8 Å². The van der Waals surface area contributed by atoms with Crippen molar-refractivity contribution in [2.45, 2.75) is 36.7 Å². The Bertz CT molecular complexity index is 1250. The zero-order valence-corrected chi connectivity index (χ0v) is 19.8. The predicted octanol–water partition coefficient (Wildman–Crippen LogP) is 0.758. The number of nitrogens with one attached hydrogen (secondary N) is 2. The second-order valence-electron chi connectivity index (χ2n) is 8.70. The number of rotatable bonds is 8. The molecule has 0 saturated carbocycles. The monoisotopic (exact) mass is 471 g/mol. The van der Waals surface area contributed by atoms with Gasteiger partial charge in [-0.1, -0.05) is 25.1 Å². The molecule has 0 amide bonds. The van der Waals surface area contributed by atoms with Gasteiger partial charge in [-0.2, -0.15) is 0 Å². The van der Waals surface area contributed by atoms with Crippen molar-refractivity contribution in [2.75, 3.05) is 26.8 Å². The number of benzene rings is 2. The molecule has 0 spiro atoms. The molecule has 2 aromatic carbocycles. The topological polar surface area (TPSA) is 106 Å². The molecule has 2 unspecified atom stereocenters. The number of carbonyl (C=O) groups excluding carboxylic acids is 1. The van der Waals surface area contributed by atoms with Crippen LogP contribution in [0.15, 0.2) is 58.4 Å². The van der Waals surface area contributed by atoms with Crippen LogP contribution in [0.25, 0.3) is 5.57 Å². The molecule has 0 aromatic heterocycles. The highest BCUT2D eigenvalue weighted by Gasteiger charge is 2.43. The molecule has 33 heavy (non-hydrogen) atoms. The van der Waals surface area contributed by atoms with Crippen molar-refractivity contribution in [3.63, 3.8) is 0 Å². The van der Waals surface area contributed by atoms with Gasteiger partial charge in [0.25, 0.3) is 0 Å². The Morgan fingerprint density at radius 3 is 2.48 bits per heavy atom. The molecule has 2 atom stereocenters. The Morgan fingerprint density at radius 1 is 1.15 bits per heavy atom. The van der Waals surface area contributed by atoms with E-state index in [-0.39, 0.29) is 23.3 Å². The average Bonchev–Trinajstić information content (AvgIpc) is 2.78. The summed E-state index contributed by atoms with van der Waals surface area (Å²) >= 11 is 0. The third kappa shape index (κ3) is 4.95. The van der Waals surface area contributed by atoms with E-state index in [0.717, 1.165) is 10.6 Å². The standard InChI is InChI=1S/C24H29N3O5S/c1-16-17(2)26-22-7-5-4-6-20(22)21(16)13-32-18-8-10-19(11-9-18)33(29,30)27-24(14-25-15-24)12-23(28)31-3/h4-11,16-17,25,27H,12-15H2,1-3H3. The maximum Gasteiger partial charge on any atom is 0.307 e. The number of nitrogens with zero attached hydrogens (tertiary/aromatic N) is 1. The van der Waals surface area contributed by atoms with Crippen LogP contribution in [-0.4, -0.2) is 52.8 Å². The molecule has 2 N–H and O–H groups in total. The van der Waals surface area contributed by atoms with Gasteiger partial charge in [0.05, 0.1) is 35.4 Å². The number of methoxy groups -OCH3 is 1. The van der Waals surface area contributed by atoms with Gasteiger partial charge in [-0.25, -0.2) is 13.1 Å². The molecular weight excluding hydrogens is 442 g/mol. The predicted molar refractivity (Wildman–Crippen MR) is 124 cm³/mol. The Kier molecular flexibility index (Phi) is 6.56. The van der Waals surface area contributed by atoms with Gasteiger partial charge in [0.2, 0.25) is 10.0 Å². The summed E-state index contributed by atoms with van der Waals surface area (Å²) in [5, 5.41) is 5.08. The lowest BCUT2D eigenvalue weighted by Gasteiger charge is -2.41. The zero-order valence-electron chi connectivity index (χ0n) is 19.0. The number of esters is 1. The van der Waals surface area contributed by atoms with Crippen LogP contribution in [0.1, 0.15) is 20.3 Å². The van der Waals surface area contributed by atoms with Crippen LogP contribution in [0.4, 0.5) is 0 Å². The zero-order chi connectivity index (χ0) is 23.6. The fraction of sp³-hybridized carbons (Fsp3) is 0.417. The number of hydrogen-bond donors (Lipinski definition) is 2. The highest BCUT2D eigenvalue weighted by Crippen LogP contribution is 2.24. The van der Waals surface area contributed by atoms with Crippen LogP contribution in [0.3, 0.4) is 0 Å². The number of para-hydroxylation sites is 1. The summed E-state index contributed by atoms with van der Waals surface area (Å²) in [6.45, 7) is 5.37. The van der Waals surface area contributed by atoms with E-state index in [2.05, 4.69) is 30.0 Å². The minimum absolute atomic E-state index is 0.0279. The van der Waals surface area contributed by atoms with Gasteiger partial charge >= 0.3 is 5.97 Å². The van der Waals surface area contributed by atoms with Crippen molar-refractivity contribution in [2.24, 2.45) is 10.9 Å². The summed E-state index contributed by atoms with van der Waals surface area (Å²) in [5.74, 6) is 0.364. The molecule has 2 aliphatic heterocycles. The largest absolute Gasteiger partial charge is 0.489 e. The second kappa shape index (κ2) is 9.24. The molecule has 176 valence electrons. The summed E-state index contributed by atoms with van der Waals surface area (Å²) in [4.78, 5) is 16.6. The van der Waals surface area contributed by atoms with E-state index in [9.17, 15) is 13.2 Å². The van der Waals surface area contributed by atoms with E-state index in [1.165, 1.54) is 24.8 Å². The number of hydrogen-bond acceptors (Lipinski definition) is 7. The molecule has 9 heteroatoms. The summed E-state index contributed by atoms with van der Waals surface area (Å²) in [7, 11) is -2.52. The van der Waals surface area contributed by atoms with Gasteiger partial charge in [0, 0.05) is 24.2 Å². The first-order valence-electron chi connectivity index (χ1n) is 10.9. The molecular formula is C24H29N3O5S. The lowest BCUT2D eigenvalue weighted by atomic mass is 9.90. The molecule has 4 rings (SSSR count). The number of ether oxygens (including phenoxy) is 2. The summed E-state index contributed by atoms with van der Waals surface area (Å²) in [6.07, 6.45) is -0.0279. The Labute approximate surface area is 193 Å². The van der Waals surface area contributed by atoms with Crippen molar-refractivity contribution >= 4 is 21.6 Å². The molecule has 0 radical (unpaired) electrons. The van der Waals surface area contributed by atoms with Crippen LogP contribution >= 0.6 is 0 Å². The second-order valence-corrected chi connectivity index (χ2v) is 10.4. The number of sulfonamides is 1. The Hall–Kier alpha value is -2.75. The van der Waals surface area contributed by atoms with Gasteiger partial charge in [-0.05, 0) is 42.8 Å². The average molecular weight is 472 g/mol. The minimum Gasteiger partial charge on any atom is -0.489 e.